The van der Waals surface area contributed by atoms with Gasteiger partial charge in [-0.15, -0.1) is 0 Å². The monoisotopic (exact) mass is 658 g/mol. The molecule has 0 spiro atoms. The molecule has 0 saturated carbocycles. The summed E-state index contributed by atoms with van der Waals surface area (Å²) in [5.41, 5.74) is 4.87. The van der Waals surface area contributed by atoms with Gasteiger partial charge in [0, 0.05) is 42.6 Å². The van der Waals surface area contributed by atoms with Crippen LogP contribution in [0.1, 0.15) is 74.3 Å². The lowest BCUT2D eigenvalue weighted by atomic mass is 9.94. The molecule has 1 saturated heterocycles. The van der Waals surface area contributed by atoms with Gasteiger partial charge < -0.3 is 19.2 Å². The molecule has 4 aromatic rings. The largest absolute Gasteiger partial charge is 0.491 e. The van der Waals surface area contributed by atoms with E-state index in [1.165, 1.54) is 16.5 Å². The highest BCUT2D eigenvalue weighted by molar-refractivity contribution is 6.82. The molecule has 1 fully saturated rings. The first-order valence-corrected chi connectivity index (χ1v) is 19.5. The number of hydrogen-bond donors (Lipinski definition) is 1. The zero-order valence-electron chi connectivity index (χ0n) is 30.1. The van der Waals surface area contributed by atoms with Crippen LogP contribution in [-0.2, 0) is 6.42 Å². The highest BCUT2D eigenvalue weighted by Gasteiger charge is 2.46. The molecule has 5 rings (SSSR count). The second-order valence-corrected chi connectivity index (χ2v) is 21.0. The molecule has 9 nitrogen and oxygen atoms in total. The number of aryl methyl sites for hydroxylation is 1. The second kappa shape index (κ2) is 13.5. The number of anilines is 2. The van der Waals surface area contributed by atoms with Gasteiger partial charge in [-0.1, -0.05) is 47.6 Å². The van der Waals surface area contributed by atoms with E-state index in [1.54, 1.807) is 19.6 Å². The number of ether oxygens (including phenoxy) is 1. The standard InChI is InChI=1S/C37H54N6O3Si/c1-24(2)47(25(3)4,26(5)6)43-22-28(12-11-15-41-16-18-42(19-17-41)36-31(46-10)21-38-23-39-36)29-20-27(13-14-30(29)43)32-33(35(45)34(32)44)40-37(7,8)9/h13-14,20-26,40H,11-12,15-19H2,1-10H3. The maximum atomic E-state index is 12.9. The lowest BCUT2D eigenvalue weighted by Gasteiger charge is -2.44. The quantitative estimate of drug-likeness (QED) is 0.133. The summed E-state index contributed by atoms with van der Waals surface area (Å²) >= 11 is 0. The van der Waals surface area contributed by atoms with Gasteiger partial charge >= 0.3 is 0 Å². The molecule has 1 N–H and O–H groups in total. The van der Waals surface area contributed by atoms with Gasteiger partial charge in [-0.05, 0) is 86.2 Å². The number of aromatic nitrogens is 3. The maximum absolute atomic E-state index is 12.9. The van der Waals surface area contributed by atoms with Crippen LogP contribution in [0.5, 0.6) is 5.75 Å². The molecule has 1 aliphatic heterocycles. The molecule has 0 radical (unpaired) electrons. The topological polar surface area (TPSA) is 92.6 Å². The molecule has 3 heterocycles. The van der Waals surface area contributed by atoms with Gasteiger partial charge in [0.25, 0.3) is 0 Å². The smallest absolute Gasteiger partial charge is 0.250 e. The number of hydrogen-bond acceptors (Lipinski definition) is 8. The van der Waals surface area contributed by atoms with Crippen molar-refractivity contribution in [2.24, 2.45) is 0 Å². The molecule has 47 heavy (non-hydrogen) atoms. The molecule has 0 unspecified atom stereocenters. The Morgan fingerprint density at radius 2 is 1.62 bits per heavy atom. The molecule has 1 aliphatic rings. The zero-order valence-corrected chi connectivity index (χ0v) is 31.1. The van der Waals surface area contributed by atoms with Crippen LogP contribution in [0.4, 0.5) is 11.5 Å². The Kier molecular flexibility index (Phi) is 10.0. The van der Waals surface area contributed by atoms with E-state index < -0.39 is 19.1 Å². The van der Waals surface area contributed by atoms with E-state index in [1.807, 2.05) is 20.8 Å². The van der Waals surface area contributed by atoms with Crippen molar-refractivity contribution in [3.8, 4) is 16.9 Å². The van der Waals surface area contributed by atoms with Gasteiger partial charge in [0.15, 0.2) is 19.8 Å². The fraction of sp³-hybridized carbons (Fsp3) is 0.568. The predicted octanol–water partition coefficient (Wildman–Crippen LogP) is 6.69. The van der Waals surface area contributed by atoms with Gasteiger partial charge in [-0.25, -0.2) is 9.97 Å². The van der Waals surface area contributed by atoms with Crippen molar-refractivity contribution >= 4 is 30.6 Å². The minimum atomic E-state index is -2.04. The summed E-state index contributed by atoms with van der Waals surface area (Å²) in [5.74, 6) is 1.58. The summed E-state index contributed by atoms with van der Waals surface area (Å²) in [7, 11) is -0.377. The number of methoxy groups -OCH3 is 1. The van der Waals surface area contributed by atoms with Crippen LogP contribution >= 0.6 is 0 Å². The number of nitrogens with zero attached hydrogens (tertiary/aromatic N) is 5. The van der Waals surface area contributed by atoms with Crippen molar-refractivity contribution in [1.82, 2.24) is 19.1 Å². The molecule has 2 aromatic heterocycles. The Hall–Kier alpha value is -3.50. The lowest BCUT2D eigenvalue weighted by molar-refractivity contribution is 0.253. The average Bonchev–Trinajstić information content (AvgIpc) is 3.37. The lowest BCUT2D eigenvalue weighted by Crippen LogP contribution is -2.51. The number of piperazine rings is 1. The van der Waals surface area contributed by atoms with Gasteiger partial charge in [0.2, 0.25) is 10.9 Å². The Morgan fingerprint density at radius 3 is 2.21 bits per heavy atom. The summed E-state index contributed by atoms with van der Waals surface area (Å²) < 4.78 is 8.18. The highest BCUT2D eigenvalue weighted by atomic mass is 28.3. The Morgan fingerprint density at radius 1 is 0.957 bits per heavy atom. The summed E-state index contributed by atoms with van der Waals surface area (Å²) in [5, 5.41) is 4.51. The summed E-state index contributed by atoms with van der Waals surface area (Å²) in [6.45, 7) is 25.2. The molecule has 0 bridgehead atoms. The SMILES string of the molecule is COc1cncnc1N1CCN(CCCc2cn([Si](C(C)C)(C(C)C)C(C)C)c3ccc(-c4c(NC(C)(C)C)c(=O)c4=O)cc23)CC1. The third-order valence-electron chi connectivity index (χ3n) is 10.2. The van der Waals surface area contributed by atoms with E-state index in [0.29, 0.717) is 33.6 Å². The van der Waals surface area contributed by atoms with Crippen molar-refractivity contribution in [3.05, 3.63) is 62.9 Å². The van der Waals surface area contributed by atoms with Crippen molar-refractivity contribution in [3.63, 3.8) is 0 Å². The summed E-state index contributed by atoms with van der Waals surface area (Å²) in [6, 6.07) is 6.44. The van der Waals surface area contributed by atoms with E-state index in [-0.39, 0.29) is 5.54 Å². The van der Waals surface area contributed by atoms with Crippen molar-refractivity contribution < 1.29 is 4.74 Å². The van der Waals surface area contributed by atoms with E-state index in [9.17, 15) is 9.59 Å². The molecule has 0 aliphatic carbocycles. The number of rotatable bonds is 12. The first-order valence-electron chi connectivity index (χ1n) is 17.3. The third kappa shape index (κ3) is 6.51. The Bertz CT molecular complexity index is 1750. The summed E-state index contributed by atoms with van der Waals surface area (Å²) in [4.78, 5) is 39.0. The number of fused-ring (bicyclic) bond motifs is 1. The van der Waals surface area contributed by atoms with Crippen LogP contribution in [0.15, 0.2) is 46.5 Å². The van der Waals surface area contributed by atoms with E-state index in [0.717, 1.165) is 56.9 Å². The first-order chi connectivity index (χ1) is 22.2. The average molecular weight is 659 g/mol. The van der Waals surface area contributed by atoms with E-state index >= 15 is 0 Å². The predicted molar refractivity (Wildman–Crippen MR) is 198 cm³/mol. The Balaban J connectivity index is 1.45. The first kappa shape index (κ1) is 34.8. The van der Waals surface area contributed by atoms with Gasteiger partial charge in [0.1, 0.15) is 6.33 Å². The van der Waals surface area contributed by atoms with Crippen LogP contribution in [-0.4, -0.2) is 72.7 Å². The van der Waals surface area contributed by atoms with Crippen LogP contribution in [0.3, 0.4) is 0 Å². The van der Waals surface area contributed by atoms with Crippen molar-refractivity contribution in [2.75, 3.05) is 50.1 Å². The molecule has 0 atom stereocenters. The van der Waals surface area contributed by atoms with Gasteiger partial charge in [-0.2, -0.15) is 0 Å². The number of benzene rings is 1. The molecule has 254 valence electrons. The van der Waals surface area contributed by atoms with Crippen LogP contribution in [0, 0.1) is 0 Å². The molecule has 2 aromatic carbocycles. The van der Waals surface area contributed by atoms with Crippen LogP contribution in [0.25, 0.3) is 22.0 Å². The van der Waals surface area contributed by atoms with Crippen molar-refractivity contribution in [1.29, 1.82) is 0 Å². The molecule has 0 amide bonds. The van der Waals surface area contributed by atoms with Crippen molar-refractivity contribution in [2.45, 2.75) is 97.3 Å². The van der Waals surface area contributed by atoms with Gasteiger partial charge in [-0.3, -0.25) is 14.5 Å². The molecular formula is C37H54N6O3Si. The van der Waals surface area contributed by atoms with E-state index in [4.69, 9.17) is 4.74 Å². The molecule has 10 heteroatoms. The normalized spacial score (nSPS) is 15.1. The van der Waals surface area contributed by atoms with Gasteiger partial charge in [0.05, 0.1) is 24.6 Å². The second-order valence-electron chi connectivity index (χ2n) is 15.2. The zero-order chi connectivity index (χ0) is 34.3. The fourth-order valence-electron chi connectivity index (χ4n) is 8.34. The fourth-order valence-corrected chi connectivity index (χ4v) is 15.0. The third-order valence-corrected chi connectivity index (χ3v) is 17.0. The number of nitrogens with one attached hydrogen (secondary N) is 1. The highest BCUT2D eigenvalue weighted by Crippen LogP contribution is 2.45. The van der Waals surface area contributed by atoms with Crippen LogP contribution in [0.2, 0.25) is 16.6 Å². The summed E-state index contributed by atoms with van der Waals surface area (Å²) in [6.07, 6.45) is 7.75. The minimum Gasteiger partial charge on any atom is -0.491 e. The Labute approximate surface area is 281 Å². The minimum absolute atomic E-state index is 0.321. The maximum Gasteiger partial charge on any atom is 0.250 e. The molecular weight excluding hydrogens is 605 g/mol. The van der Waals surface area contributed by atoms with E-state index in [2.05, 4.69) is 95.3 Å². The van der Waals surface area contributed by atoms with Crippen LogP contribution < -0.4 is 25.8 Å².